The molecular formula is C25H22FN3O2. The van der Waals surface area contributed by atoms with Crippen LogP contribution in [0.15, 0.2) is 72.8 Å². The van der Waals surface area contributed by atoms with Crippen molar-refractivity contribution < 1.29 is 13.9 Å². The maximum absolute atomic E-state index is 14.1. The number of anilines is 1. The molecule has 6 heteroatoms. The smallest absolute Gasteiger partial charge is 0.322 e. The summed E-state index contributed by atoms with van der Waals surface area (Å²) in [5.41, 5.74) is 4.37. The molecule has 1 aliphatic heterocycles. The summed E-state index contributed by atoms with van der Waals surface area (Å²) in [5, 5.41) is 3.91. The topological polar surface area (TPSA) is 57.4 Å². The number of ether oxygens (including phenoxy) is 1. The van der Waals surface area contributed by atoms with E-state index in [1.807, 2.05) is 42.5 Å². The molecule has 1 aromatic heterocycles. The number of nitrogens with one attached hydrogen (secondary N) is 2. The Bertz CT molecular complexity index is 1250. The Kier molecular flexibility index (Phi) is 4.82. The summed E-state index contributed by atoms with van der Waals surface area (Å²) in [4.78, 5) is 18.5. The molecule has 1 aliphatic rings. The first-order chi connectivity index (χ1) is 15.2. The van der Waals surface area contributed by atoms with E-state index in [2.05, 4.69) is 16.4 Å². The van der Waals surface area contributed by atoms with Crippen LogP contribution in [0, 0.1) is 5.82 Å². The van der Waals surface area contributed by atoms with Gasteiger partial charge in [-0.3, -0.25) is 0 Å². The van der Waals surface area contributed by atoms with Crippen molar-refractivity contribution in [2.75, 3.05) is 19.0 Å². The Hall–Kier alpha value is -3.80. The molecule has 31 heavy (non-hydrogen) atoms. The van der Waals surface area contributed by atoms with Gasteiger partial charge in [0.05, 0.1) is 18.8 Å². The van der Waals surface area contributed by atoms with Crippen LogP contribution in [0.25, 0.3) is 10.9 Å². The molecule has 2 N–H and O–H groups in total. The Labute approximate surface area is 179 Å². The van der Waals surface area contributed by atoms with E-state index in [9.17, 15) is 9.18 Å². The zero-order valence-electron chi connectivity index (χ0n) is 17.1. The molecule has 0 radical (unpaired) electrons. The Morgan fingerprint density at radius 1 is 1.06 bits per heavy atom. The number of aromatic amines is 1. The normalized spacial score (nSPS) is 15.5. The van der Waals surface area contributed by atoms with E-state index >= 15 is 0 Å². The number of hydrogen-bond donors (Lipinski definition) is 2. The van der Waals surface area contributed by atoms with Gasteiger partial charge in [-0.05, 0) is 47.9 Å². The SMILES string of the molecule is COc1ccc([C@H]2c3[nH]c4ccccc4c3CCN2C(=O)Nc2ccccc2F)cc1. The zero-order chi connectivity index (χ0) is 21.4. The highest BCUT2D eigenvalue weighted by molar-refractivity contribution is 5.91. The van der Waals surface area contributed by atoms with Gasteiger partial charge in [-0.1, -0.05) is 42.5 Å². The number of benzene rings is 3. The van der Waals surface area contributed by atoms with Crippen molar-refractivity contribution in [2.24, 2.45) is 0 Å². The second-order valence-electron chi connectivity index (χ2n) is 7.59. The molecule has 5 rings (SSSR count). The van der Waals surface area contributed by atoms with Crippen molar-refractivity contribution in [2.45, 2.75) is 12.5 Å². The van der Waals surface area contributed by atoms with Crippen LogP contribution in [0.4, 0.5) is 14.9 Å². The van der Waals surface area contributed by atoms with Gasteiger partial charge in [0.25, 0.3) is 0 Å². The van der Waals surface area contributed by atoms with Crippen molar-refractivity contribution in [3.63, 3.8) is 0 Å². The molecule has 0 saturated heterocycles. The van der Waals surface area contributed by atoms with Gasteiger partial charge < -0.3 is 19.9 Å². The highest BCUT2D eigenvalue weighted by atomic mass is 19.1. The number of carbonyl (C=O) groups excluding carboxylic acids is 1. The van der Waals surface area contributed by atoms with Crippen LogP contribution in [0.3, 0.4) is 0 Å². The van der Waals surface area contributed by atoms with Crippen LogP contribution in [0.1, 0.15) is 22.9 Å². The molecule has 1 atom stereocenters. The Morgan fingerprint density at radius 3 is 2.58 bits per heavy atom. The number of aromatic nitrogens is 1. The molecule has 2 heterocycles. The van der Waals surface area contributed by atoms with Crippen molar-refractivity contribution in [1.29, 1.82) is 0 Å². The lowest BCUT2D eigenvalue weighted by Crippen LogP contribution is -2.43. The second kappa shape index (κ2) is 7.80. The molecular weight excluding hydrogens is 393 g/mol. The summed E-state index contributed by atoms with van der Waals surface area (Å²) in [6.07, 6.45) is 0.719. The second-order valence-corrected chi connectivity index (χ2v) is 7.59. The number of urea groups is 1. The summed E-state index contributed by atoms with van der Waals surface area (Å²) in [6.45, 7) is 0.520. The number of rotatable bonds is 3. The van der Waals surface area contributed by atoms with Crippen molar-refractivity contribution >= 4 is 22.6 Å². The standard InChI is InChI=1S/C25H22FN3O2/c1-31-17-12-10-16(11-13-17)24-23-19(18-6-2-4-8-21(18)27-23)14-15-29(24)25(30)28-22-9-5-3-7-20(22)26/h2-13,24,27H,14-15H2,1H3,(H,28,30)/t24-/m0/s1. The van der Waals surface area contributed by atoms with Crippen LogP contribution >= 0.6 is 0 Å². The number of hydrogen-bond acceptors (Lipinski definition) is 2. The summed E-state index contributed by atoms with van der Waals surface area (Å²) >= 11 is 0. The number of nitrogens with zero attached hydrogens (tertiary/aromatic N) is 1. The predicted molar refractivity (Wildman–Crippen MR) is 119 cm³/mol. The van der Waals surface area contributed by atoms with E-state index in [4.69, 9.17) is 4.74 Å². The van der Waals surface area contributed by atoms with Crippen LogP contribution < -0.4 is 10.1 Å². The Balaban J connectivity index is 1.58. The first kappa shape index (κ1) is 19.2. The summed E-state index contributed by atoms with van der Waals surface area (Å²) in [6, 6.07) is 21.4. The molecule has 5 nitrogen and oxygen atoms in total. The number of methoxy groups -OCH3 is 1. The molecule has 3 aromatic carbocycles. The molecule has 4 aromatic rings. The van der Waals surface area contributed by atoms with E-state index in [-0.39, 0.29) is 17.8 Å². The predicted octanol–water partition coefficient (Wildman–Crippen LogP) is 5.50. The molecule has 2 amide bonds. The van der Waals surface area contributed by atoms with E-state index in [1.54, 1.807) is 30.2 Å². The van der Waals surface area contributed by atoms with E-state index < -0.39 is 5.82 Å². The van der Waals surface area contributed by atoms with Crippen LogP contribution in [0.2, 0.25) is 0 Å². The highest BCUT2D eigenvalue weighted by Crippen LogP contribution is 2.39. The number of carbonyl (C=O) groups is 1. The maximum Gasteiger partial charge on any atom is 0.322 e. The van der Waals surface area contributed by atoms with E-state index in [0.717, 1.165) is 28.9 Å². The molecule has 0 unspecified atom stereocenters. The minimum atomic E-state index is -0.458. The summed E-state index contributed by atoms with van der Waals surface area (Å²) < 4.78 is 19.4. The third-order valence-electron chi connectivity index (χ3n) is 5.84. The van der Waals surface area contributed by atoms with Gasteiger partial charge in [0.1, 0.15) is 11.6 Å². The number of para-hydroxylation sites is 2. The lowest BCUT2D eigenvalue weighted by molar-refractivity contribution is 0.193. The fraction of sp³-hybridized carbons (Fsp3) is 0.160. The quantitative estimate of drug-likeness (QED) is 0.465. The third-order valence-corrected chi connectivity index (χ3v) is 5.84. The van der Waals surface area contributed by atoms with Gasteiger partial charge in [-0.15, -0.1) is 0 Å². The maximum atomic E-state index is 14.1. The largest absolute Gasteiger partial charge is 0.497 e. The molecule has 0 fully saturated rings. The molecule has 0 saturated carbocycles. The monoisotopic (exact) mass is 415 g/mol. The fourth-order valence-corrected chi connectivity index (χ4v) is 4.34. The number of fused-ring (bicyclic) bond motifs is 3. The van der Waals surface area contributed by atoms with Crippen molar-refractivity contribution in [3.8, 4) is 5.75 Å². The summed E-state index contributed by atoms with van der Waals surface area (Å²) in [7, 11) is 1.62. The average molecular weight is 415 g/mol. The van der Waals surface area contributed by atoms with Gasteiger partial charge in [-0.2, -0.15) is 0 Å². The van der Waals surface area contributed by atoms with Gasteiger partial charge in [0, 0.05) is 23.1 Å². The number of halogens is 1. The van der Waals surface area contributed by atoms with Gasteiger partial charge in [0.15, 0.2) is 0 Å². The van der Waals surface area contributed by atoms with Crippen molar-refractivity contribution in [1.82, 2.24) is 9.88 Å². The molecule has 0 bridgehead atoms. The van der Waals surface area contributed by atoms with E-state index in [0.29, 0.717) is 6.54 Å². The average Bonchev–Trinajstić information content (AvgIpc) is 3.19. The zero-order valence-corrected chi connectivity index (χ0v) is 17.1. The first-order valence-electron chi connectivity index (χ1n) is 10.2. The molecule has 0 aliphatic carbocycles. The van der Waals surface area contributed by atoms with Gasteiger partial charge in [0.2, 0.25) is 0 Å². The molecule has 156 valence electrons. The lowest BCUT2D eigenvalue weighted by Gasteiger charge is -2.36. The number of H-pyrrole nitrogens is 1. The first-order valence-corrected chi connectivity index (χ1v) is 10.2. The van der Waals surface area contributed by atoms with Crippen molar-refractivity contribution in [3.05, 3.63) is 95.4 Å². The molecule has 0 spiro atoms. The minimum absolute atomic E-state index is 0.170. The Morgan fingerprint density at radius 2 is 1.81 bits per heavy atom. The van der Waals surface area contributed by atoms with Crippen LogP contribution in [-0.2, 0) is 6.42 Å². The third kappa shape index (κ3) is 3.40. The lowest BCUT2D eigenvalue weighted by atomic mass is 9.92. The summed E-state index contributed by atoms with van der Waals surface area (Å²) in [5.74, 6) is 0.291. The highest BCUT2D eigenvalue weighted by Gasteiger charge is 2.34. The van der Waals surface area contributed by atoms with Crippen LogP contribution in [-0.4, -0.2) is 29.6 Å². The minimum Gasteiger partial charge on any atom is -0.497 e. The number of amides is 2. The van der Waals surface area contributed by atoms with E-state index in [1.165, 1.54) is 17.0 Å². The van der Waals surface area contributed by atoms with Gasteiger partial charge in [-0.25, -0.2) is 9.18 Å². The van der Waals surface area contributed by atoms with Crippen LogP contribution in [0.5, 0.6) is 5.75 Å². The fourth-order valence-electron chi connectivity index (χ4n) is 4.34. The van der Waals surface area contributed by atoms with Gasteiger partial charge >= 0.3 is 6.03 Å².